The average Bonchev–Trinajstić information content (AvgIpc) is 2.45. The van der Waals surface area contributed by atoms with Crippen LogP contribution in [0.15, 0.2) is 18.2 Å². The maximum Gasteiger partial charge on any atom is 0.292 e. The Bertz CT molecular complexity index is 480. The third kappa shape index (κ3) is 5.27. The van der Waals surface area contributed by atoms with Crippen LogP contribution in [0.1, 0.15) is 51.0 Å². The normalized spacial score (nSPS) is 10.0. The number of nitro groups is 1. The number of nitriles is 1. The van der Waals surface area contributed by atoms with E-state index < -0.39 is 4.92 Å². The molecule has 0 radical (unpaired) electrons. The molecule has 0 fully saturated rings. The lowest BCUT2D eigenvalue weighted by Gasteiger charge is -2.07. The van der Waals surface area contributed by atoms with E-state index in [-0.39, 0.29) is 5.69 Å². The lowest BCUT2D eigenvalue weighted by atomic mass is 10.1. The van der Waals surface area contributed by atoms with Gasteiger partial charge in [0.15, 0.2) is 0 Å². The Labute approximate surface area is 119 Å². The molecule has 0 saturated carbocycles. The van der Waals surface area contributed by atoms with Gasteiger partial charge in [-0.05, 0) is 18.6 Å². The van der Waals surface area contributed by atoms with Crippen molar-refractivity contribution in [1.29, 1.82) is 5.26 Å². The fraction of sp³-hybridized carbons (Fsp3) is 0.533. The number of nitrogens with one attached hydrogen (secondary N) is 1. The van der Waals surface area contributed by atoms with Crippen LogP contribution >= 0.6 is 0 Å². The summed E-state index contributed by atoms with van der Waals surface area (Å²) >= 11 is 0. The minimum Gasteiger partial charge on any atom is -0.379 e. The predicted octanol–water partition coefficient (Wildman–Crippen LogP) is 4.24. The summed E-state index contributed by atoms with van der Waals surface area (Å²) in [5.41, 5.74) is 0.888. The van der Waals surface area contributed by atoms with Gasteiger partial charge in [0.2, 0.25) is 0 Å². The summed E-state index contributed by atoms with van der Waals surface area (Å²) in [4.78, 5) is 10.5. The molecule has 0 amide bonds. The van der Waals surface area contributed by atoms with E-state index in [1.807, 2.05) is 6.07 Å². The van der Waals surface area contributed by atoms with Crippen LogP contribution < -0.4 is 5.32 Å². The zero-order valence-corrected chi connectivity index (χ0v) is 11.9. The van der Waals surface area contributed by atoms with E-state index in [0.717, 1.165) is 12.8 Å². The van der Waals surface area contributed by atoms with Gasteiger partial charge in [-0.1, -0.05) is 39.0 Å². The second-order valence-electron chi connectivity index (χ2n) is 4.80. The molecule has 20 heavy (non-hydrogen) atoms. The number of nitrogens with zero attached hydrogens (tertiary/aromatic N) is 2. The van der Waals surface area contributed by atoms with E-state index in [1.54, 1.807) is 0 Å². The van der Waals surface area contributed by atoms with Gasteiger partial charge in [-0.2, -0.15) is 5.26 Å². The largest absolute Gasteiger partial charge is 0.379 e. The minimum absolute atomic E-state index is 0.0231. The Balaban J connectivity index is 2.46. The Morgan fingerprint density at radius 3 is 2.60 bits per heavy atom. The number of unbranched alkanes of at least 4 members (excludes halogenated alkanes) is 5. The molecule has 0 aliphatic rings. The van der Waals surface area contributed by atoms with E-state index in [4.69, 9.17) is 5.26 Å². The van der Waals surface area contributed by atoms with Crippen molar-refractivity contribution in [3.05, 3.63) is 33.9 Å². The highest BCUT2D eigenvalue weighted by Crippen LogP contribution is 2.25. The molecule has 0 spiro atoms. The fourth-order valence-electron chi connectivity index (χ4n) is 2.03. The molecule has 0 saturated heterocycles. The van der Waals surface area contributed by atoms with Crippen LogP contribution in [0.2, 0.25) is 0 Å². The van der Waals surface area contributed by atoms with Gasteiger partial charge < -0.3 is 5.32 Å². The van der Waals surface area contributed by atoms with Gasteiger partial charge in [-0.25, -0.2) is 0 Å². The van der Waals surface area contributed by atoms with Crippen molar-refractivity contribution in [2.45, 2.75) is 45.4 Å². The summed E-state index contributed by atoms with van der Waals surface area (Å²) in [6, 6.07) is 6.38. The highest BCUT2D eigenvalue weighted by molar-refractivity contribution is 5.64. The van der Waals surface area contributed by atoms with Crippen LogP contribution in [0, 0.1) is 21.4 Å². The number of rotatable bonds is 9. The van der Waals surface area contributed by atoms with E-state index in [1.165, 1.54) is 43.9 Å². The van der Waals surface area contributed by atoms with Crippen molar-refractivity contribution in [3.8, 4) is 6.07 Å². The first-order valence-electron chi connectivity index (χ1n) is 7.11. The standard InChI is InChI=1S/C15H21N3O2/c1-2-3-4-5-6-7-10-17-14-11-13(12-16)8-9-15(14)18(19)20/h8-9,11,17H,2-7,10H2,1H3. The van der Waals surface area contributed by atoms with Crippen molar-refractivity contribution in [2.75, 3.05) is 11.9 Å². The lowest BCUT2D eigenvalue weighted by Crippen LogP contribution is -2.04. The van der Waals surface area contributed by atoms with Gasteiger partial charge in [0.05, 0.1) is 16.6 Å². The second-order valence-corrected chi connectivity index (χ2v) is 4.80. The van der Waals surface area contributed by atoms with Crippen LogP contribution in [-0.4, -0.2) is 11.5 Å². The molecule has 1 N–H and O–H groups in total. The fourth-order valence-corrected chi connectivity index (χ4v) is 2.03. The number of hydrogen-bond acceptors (Lipinski definition) is 4. The molecule has 0 aliphatic heterocycles. The summed E-state index contributed by atoms with van der Waals surface area (Å²) in [7, 11) is 0. The highest BCUT2D eigenvalue weighted by atomic mass is 16.6. The van der Waals surface area contributed by atoms with Gasteiger partial charge in [-0.3, -0.25) is 10.1 Å². The maximum atomic E-state index is 10.9. The summed E-state index contributed by atoms with van der Waals surface area (Å²) in [5, 5.41) is 22.8. The smallest absolute Gasteiger partial charge is 0.292 e. The molecule has 0 heterocycles. The van der Waals surface area contributed by atoms with Crippen LogP contribution in [0.4, 0.5) is 11.4 Å². The second kappa shape index (κ2) is 8.92. The van der Waals surface area contributed by atoms with E-state index in [0.29, 0.717) is 17.8 Å². The van der Waals surface area contributed by atoms with Crippen LogP contribution in [-0.2, 0) is 0 Å². The third-order valence-corrected chi connectivity index (χ3v) is 3.17. The van der Waals surface area contributed by atoms with Crippen LogP contribution in [0.3, 0.4) is 0 Å². The van der Waals surface area contributed by atoms with Crippen molar-refractivity contribution in [2.24, 2.45) is 0 Å². The lowest BCUT2D eigenvalue weighted by molar-refractivity contribution is -0.384. The van der Waals surface area contributed by atoms with Crippen molar-refractivity contribution < 1.29 is 4.92 Å². The molecular formula is C15H21N3O2. The molecule has 5 nitrogen and oxygen atoms in total. The average molecular weight is 275 g/mol. The van der Waals surface area contributed by atoms with Gasteiger partial charge >= 0.3 is 0 Å². The first-order valence-corrected chi connectivity index (χ1v) is 7.11. The van der Waals surface area contributed by atoms with Gasteiger partial charge in [-0.15, -0.1) is 0 Å². The first-order chi connectivity index (χ1) is 9.69. The monoisotopic (exact) mass is 275 g/mol. The molecule has 1 rings (SSSR count). The van der Waals surface area contributed by atoms with Crippen molar-refractivity contribution in [1.82, 2.24) is 0 Å². The first kappa shape index (κ1) is 16.0. The quantitative estimate of drug-likeness (QED) is 0.415. The SMILES string of the molecule is CCCCCCCCNc1cc(C#N)ccc1[N+](=O)[O-]. The topological polar surface area (TPSA) is 79.0 Å². The Kier molecular flexibility index (Phi) is 7.12. The number of hydrogen-bond donors (Lipinski definition) is 1. The summed E-state index contributed by atoms with van der Waals surface area (Å²) in [5.74, 6) is 0. The zero-order chi connectivity index (χ0) is 14.8. The Hall–Kier alpha value is -2.09. The minimum atomic E-state index is -0.426. The summed E-state index contributed by atoms with van der Waals surface area (Å²) in [6.07, 6.45) is 7.06. The zero-order valence-electron chi connectivity index (χ0n) is 11.9. The highest BCUT2D eigenvalue weighted by Gasteiger charge is 2.13. The van der Waals surface area contributed by atoms with E-state index in [9.17, 15) is 10.1 Å². The van der Waals surface area contributed by atoms with Crippen LogP contribution in [0.25, 0.3) is 0 Å². The maximum absolute atomic E-state index is 10.9. The molecule has 5 heteroatoms. The van der Waals surface area contributed by atoms with Gasteiger partial charge in [0, 0.05) is 12.6 Å². The van der Waals surface area contributed by atoms with Gasteiger partial charge in [0.25, 0.3) is 5.69 Å². The van der Waals surface area contributed by atoms with E-state index >= 15 is 0 Å². The molecule has 0 unspecified atom stereocenters. The summed E-state index contributed by atoms with van der Waals surface area (Å²) < 4.78 is 0. The van der Waals surface area contributed by atoms with Crippen LogP contribution in [0.5, 0.6) is 0 Å². The van der Waals surface area contributed by atoms with E-state index in [2.05, 4.69) is 12.2 Å². The van der Waals surface area contributed by atoms with Gasteiger partial charge in [0.1, 0.15) is 5.69 Å². The van der Waals surface area contributed by atoms with Crippen molar-refractivity contribution >= 4 is 11.4 Å². The Morgan fingerprint density at radius 1 is 1.25 bits per heavy atom. The number of benzene rings is 1. The molecule has 1 aromatic carbocycles. The molecule has 1 aromatic rings. The molecule has 0 bridgehead atoms. The Morgan fingerprint density at radius 2 is 1.95 bits per heavy atom. The molecule has 0 aliphatic carbocycles. The molecule has 0 aromatic heterocycles. The summed E-state index contributed by atoms with van der Waals surface area (Å²) in [6.45, 7) is 2.88. The molecular weight excluding hydrogens is 254 g/mol. The van der Waals surface area contributed by atoms with Crippen molar-refractivity contribution in [3.63, 3.8) is 0 Å². The third-order valence-electron chi connectivity index (χ3n) is 3.17. The molecule has 108 valence electrons. The predicted molar refractivity (Wildman–Crippen MR) is 79.7 cm³/mol. The number of nitro benzene ring substituents is 1. The number of anilines is 1. The molecule has 0 atom stereocenters.